The molecule has 0 aliphatic heterocycles. The Balaban J connectivity index is 0.0000000903. The van der Waals surface area contributed by atoms with Crippen molar-refractivity contribution in [1.82, 2.24) is 0 Å². The smallest absolute Gasteiger partial charge is 0.135 e. The molecule has 0 saturated carbocycles. The van der Waals surface area contributed by atoms with Gasteiger partial charge in [-0.1, -0.05) is 388 Å². The first-order valence-electron chi connectivity index (χ1n) is 47.8. The molecule has 26 aromatic carbocycles. The lowest BCUT2D eigenvalue weighted by Crippen LogP contribution is -1.84. The van der Waals surface area contributed by atoms with Crippen molar-refractivity contribution in [1.29, 1.82) is 0 Å². The summed E-state index contributed by atoms with van der Waals surface area (Å²) in [6.07, 6.45) is 0. The molecule has 2 aromatic heterocycles. The van der Waals surface area contributed by atoms with Crippen LogP contribution in [0.3, 0.4) is 0 Å². The normalized spacial score (nSPS) is 12.1. The quantitative estimate of drug-likeness (QED) is 0.155. The number of hydrogen-bond donors (Lipinski definition) is 0. The van der Waals surface area contributed by atoms with Crippen molar-refractivity contribution in [2.45, 2.75) is 0 Å². The van der Waals surface area contributed by atoms with Gasteiger partial charge in [-0.2, -0.15) is 0 Å². The zero-order valence-corrected chi connectivity index (χ0v) is 75.0. The lowest BCUT2D eigenvalue weighted by Gasteiger charge is -2.11. The average Bonchev–Trinajstić information content (AvgIpc) is 1.56. The molecule has 0 atom stereocenters. The largest absolute Gasteiger partial charge is 0.456 e. The summed E-state index contributed by atoms with van der Waals surface area (Å²) < 4.78 is 12.1. The van der Waals surface area contributed by atoms with Crippen LogP contribution in [0.2, 0.25) is 0 Å². The monoisotopic (exact) mass is 1740 g/mol. The zero-order chi connectivity index (χ0) is 90.3. The van der Waals surface area contributed by atoms with E-state index in [1.165, 1.54) is 264 Å². The molecule has 0 N–H and O–H groups in total. The van der Waals surface area contributed by atoms with Gasteiger partial charge < -0.3 is 8.83 Å². The molecule has 28 aromatic rings. The second-order valence-electron chi connectivity index (χ2n) is 37.4. The highest BCUT2D eigenvalue weighted by molar-refractivity contribution is 6.31. The number of para-hydroxylation sites is 2. The van der Waals surface area contributed by atoms with Gasteiger partial charge in [0.05, 0.1) is 0 Å². The van der Waals surface area contributed by atoms with Gasteiger partial charge in [-0.15, -0.1) is 0 Å². The Morgan fingerprint density at radius 2 is 0.348 bits per heavy atom. The number of benzene rings is 26. The van der Waals surface area contributed by atoms with Gasteiger partial charge in [-0.3, -0.25) is 0 Å². The summed E-state index contributed by atoms with van der Waals surface area (Å²) in [5.41, 5.74) is 39.9. The Kier molecular flexibility index (Phi) is 17.3. The lowest BCUT2D eigenvalue weighted by molar-refractivity contribution is 0.668. The number of fused-ring (bicyclic) bond motifs is 30. The van der Waals surface area contributed by atoms with Crippen LogP contribution in [-0.4, -0.2) is 0 Å². The highest BCUT2D eigenvalue weighted by atomic mass is 16.3. The Labute approximate surface area is 795 Å². The molecule has 0 unspecified atom stereocenters. The first-order chi connectivity index (χ1) is 68.4. The van der Waals surface area contributed by atoms with Gasteiger partial charge in [0.1, 0.15) is 22.3 Å². The van der Waals surface area contributed by atoms with E-state index in [2.05, 4.69) is 461 Å². The summed E-state index contributed by atoms with van der Waals surface area (Å²) in [4.78, 5) is 0. The van der Waals surface area contributed by atoms with Crippen LogP contribution in [0.4, 0.5) is 0 Å². The fourth-order valence-electron chi connectivity index (χ4n) is 23.6. The molecule has 0 amide bonds. The molecule has 4 aliphatic rings. The van der Waals surface area contributed by atoms with E-state index in [1.54, 1.807) is 0 Å². The van der Waals surface area contributed by atoms with Crippen LogP contribution in [0.1, 0.15) is 0 Å². The third-order valence-electron chi connectivity index (χ3n) is 30.0. The van der Waals surface area contributed by atoms with E-state index in [4.69, 9.17) is 8.83 Å². The molecular formula is C136H80O2. The number of furan rings is 2. The van der Waals surface area contributed by atoms with E-state index in [1.807, 2.05) is 24.3 Å². The summed E-state index contributed by atoms with van der Waals surface area (Å²) in [6, 6.07) is 177. The van der Waals surface area contributed by atoms with Crippen LogP contribution in [0.25, 0.3) is 307 Å². The maximum absolute atomic E-state index is 6.08. The molecule has 0 spiro atoms. The van der Waals surface area contributed by atoms with E-state index in [-0.39, 0.29) is 0 Å². The van der Waals surface area contributed by atoms with Gasteiger partial charge in [0.2, 0.25) is 0 Å². The summed E-state index contributed by atoms with van der Waals surface area (Å²) in [5, 5.41) is 31.3. The molecule has 0 fully saturated rings. The Bertz CT molecular complexity index is 10100. The number of rotatable bonds is 6. The SMILES string of the molecule is c1cc(-c2ccc3c(c2)-c2cc4c5ccccc5ccc4c4cccc-3c24)cc(-c2ccc3oc4ccccc4c3c2)c1.c1cc(-c2ccc3c(c2)-c2cc4ccccc4c4cccc-3c24)cc(-c2ccc3oc4ccccc4c3c2)c1.c1ccc(-c2ccc3c(c2)-c2cc4c5ccccc5ccc4c4cccc-3c24)cc1.c1ccc(-c2ccc3c(c2)-c2cc4ccccc4c4cccc-3c24)cc1. The molecule has 636 valence electrons. The minimum Gasteiger partial charge on any atom is -0.456 e. The Morgan fingerprint density at radius 1 is 0.0942 bits per heavy atom. The fourth-order valence-corrected chi connectivity index (χ4v) is 23.6. The minimum atomic E-state index is 0.925. The van der Waals surface area contributed by atoms with E-state index >= 15 is 0 Å². The Morgan fingerprint density at radius 3 is 0.717 bits per heavy atom. The van der Waals surface area contributed by atoms with Crippen LogP contribution in [0.15, 0.2) is 494 Å². The second kappa shape index (κ2) is 30.7. The standard InChI is InChI=1S/C42H24O.C38H22O.C30H18.C26H16/c1-2-10-30-25(7-1)15-18-32-35-13-6-12-34-31-19-16-28(22-36(31)39(42(34)35)24-37(30)32)26-8-5-9-27(21-26)29-17-20-41-38(23-29)33-11-3-4-14-40(33)43-41;1-2-10-28-27(7-1)22-35-33-20-25(15-17-29(33)32-13-6-12-31(28)38(32)35)23-8-5-9-24(19-23)26-16-18-37-34(21-26)30-11-3-4-14-36(30)39-37;1-2-7-19(8-3-1)21-14-16-23-25-11-6-12-26-24-15-13-20-9-4-5-10-22(20)28(24)18-29(30(25)26)27(23)17-21;1-2-7-17(8-3-1)18-13-14-21-23-12-6-11-22-20-10-5-4-9-19(20)16-25(26(22)23)24(21)15-18/h1-24H;1-22H;1-18H;1-16H. The van der Waals surface area contributed by atoms with E-state index in [0.717, 1.165) is 43.9 Å². The maximum Gasteiger partial charge on any atom is 0.135 e. The molecule has 138 heavy (non-hydrogen) atoms. The number of hydrogen-bond acceptors (Lipinski definition) is 2. The van der Waals surface area contributed by atoms with E-state index in [0.29, 0.717) is 0 Å². The van der Waals surface area contributed by atoms with Crippen LogP contribution in [0.5, 0.6) is 0 Å². The van der Waals surface area contributed by atoms with Crippen molar-refractivity contribution < 1.29 is 8.83 Å². The fraction of sp³-hybridized carbons (Fsp3) is 0. The topological polar surface area (TPSA) is 26.3 Å². The van der Waals surface area contributed by atoms with Gasteiger partial charge in [-0.05, 0) is 361 Å². The molecule has 0 bridgehead atoms. The average molecular weight is 1750 g/mol. The van der Waals surface area contributed by atoms with Crippen LogP contribution in [-0.2, 0) is 0 Å². The van der Waals surface area contributed by atoms with E-state index < -0.39 is 0 Å². The highest BCUT2D eigenvalue weighted by Crippen LogP contribution is 2.57. The highest BCUT2D eigenvalue weighted by Gasteiger charge is 2.30. The summed E-state index contributed by atoms with van der Waals surface area (Å²) in [5.74, 6) is 0. The van der Waals surface area contributed by atoms with Crippen molar-refractivity contribution in [2.24, 2.45) is 0 Å². The van der Waals surface area contributed by atoms with E-state index in [9.17, 15) is 0 Å². The summed E-state index contributed by atoms with van der Waals surface area (Å²) >= 11 is 0. The zero-order valence-electron chi connectivity index (χ0n) is 75.0. The van der Waals surface area contributed by atoms with Gasteiger partial charge in [0.25, 0.3) is 0 Å². The molecule has 4 aliphatic carbocycles. The first kappa shape index (κ1) is 77.5. The molecule has 2 heterocycles. The lowest BCUT2D eigenvalue weighted by atomic mass is 9.92. The van der Waals surface area contributed by atoms with Crippen LogP contribution in [0, 0.1) is 0 Å². The molecule has 2 nitrogen and oxygen atoms in total. The third kappa shape index (κ3) is 12.2. The molecule has 0 radical (unpaired) electrons. The van der Waals surface area contributed by atoms with Crippen LogP contribution < -0.4 is 0 Å². The van der Waals surface area contributed by atoms with Gasteiger partial charge in [0, 0.05) is 21.5 Å². The van der Waals surface area contributed by atoms with Crippen molar-refractivity contribution >= 4 is 152 Å². The van der Waals surface area contributed by atoms with Crippen molar-refractivity contribution in [2.75, 3.05) is 0 Å². The van der Waals surface area contributed by atoms with Gasteiger partial charge in [0.15, 0.2) is 0 Å². The van der Waals surface area contributed by atoms with Crippen molar-refractivity contribution in [3.05, 3.63) is 485 Å². The summed E-state index contributed by atoms with van der Waals surface area (Å²) in [7, 11) is 0. The van der Waals surface area contributed by atoms with Crippen molar-refractivity contribution in [3.63, 3.8) is 0 Å². The molecule has 32 rings (SSSR count). The maximum atomic E-state index is 6.08. The third-order valence-corrected chi connectivity index (χ3v) is 30.0. The second-order valence-corrected chi connectivity index (χ2v) is 37.4. The molecule has 0 saturated heterocycles. The predicted molar refractivity (Wildman–Crippen MR) is 586 cm³/mol. The van der Waals surface area contributed by atoms with Crippen molar-refractivity contribution in [3.8, 4) is 156 Å². The summed E-state index contributed by atoms with van der Waals surface area (Å²) in [6.45, 7) is 0. The first-order valence-corrected chi connectivity index (χ1v) is 47.8. The van der Waals surface area contributed by atoms with Gasteiger partial charge in [-0.25, -0.2) is 0 Å². The predicted octanol–water partition coefficient (Wildman–Crippen LogP) is 38.7. The molecule has 2 heteroatoms. The van der Waals surface area contributed by atoms with Gasteiger partial charge >= 0.3 is 0 Å². The van der Waals surface area contributed by atoms with Crippen LogP contribution >= 0.6 is 0 Å². The minimum absolute atomic E-state index is 0.925. The Hall–Kier alpha value is -18.1. The molecular weight excluding hydrogens is 1670 g/mol.